The number of nitrogens with one attached hydrogen (secondary N) is 1. The normalized spacial score (nSPS) is 12.3. The van der Waals surface area contributed by atoms with Gasteiger partial charge in [0.1, 0.15) is 12.6 Å². The second kappa shape index (κ2) is 9.31. The summed E-state index contributed by atoms with van der Waals surface area (Å²) in [4.78, 5) is 23.3. The molecular formula is C16H26N2O4Si. The van der Waals surface area contributed by atoms with E-state index >= 15 is 0 Å². The Morgan fingerprint density at radius 2 is 1.83 bits per heavy atom. The standard InChI is InChI=1S/C16H26N2O4Si/c1-23(2,3)10-9-21-15(19)14(17)11-18-16(20)22-12-13-7-5-4-6-8-13/h4-8,14H,9-12,17H2,1-3H3,(H,18,20). The maximum absolute atomic E-state index is 11.7. The predicted molar refractivity (Wildman–Crippen MR) is 91.7 cm³/mol. The second-order valence-electron chi connectivity index (χ2n) is 6.53. The zero-order valence-corrected chi connectivity index (χ0v) is 15.0. The lowest BCUT2D eigenvalue weighted by Crippen LogP contribution is -2.43. The molecule has 0 aliphatic carbocycles. The van der Waals surface area contributed by atoms with Crippen molar-refractivity contribution in [3.8, 4) is 0 Å². The maximum Gasteiger partial charge on any atom is 0.407 e. The Kier molecular flexibility index (Phi) is 7.77. The lowest BCUT2D eigenvalue weighted by Gasteiger charge is -2.17. The van der Waals surface area contributed by atoms with Crippen molar-refractivity contribution in [2.45, 2.75) is 38.3 Å². The molecule has 0 spiro atoms. The smallest absolute Gasteiger partial charge is 0.407 e. The van der Waals surface area contributed by atoms with E-state index < -0.39 is 26.2 Å². The molecule has 0 radical (unpaired) electrons. The minimum absolute atomic E-state index is 0.0145. The van der Waals surface area contributed by atoms with Crippen molar-refractivity contribution in [1.29, 1.82) is 0 Å². The molecule has 0 aliphatic heterocycles. The SMILES string of the molecule is C[Si](C)(C)CCOC(=O)C(N)CNC(=O)OCc1ccccc1. The van der Waals surface area contributed by atoms with E-state index in [4.69, 9.17) is 15.2 Å². The average molecular weight is 338 g/mol. The minimum atomic E-state index is -1.25. The van der Waals surface area contributed by atoms with Crippen molar-refractivity contribution in [3.63, 3.8) is 0 Å². The number of rotatable bonds is 8. The van der Waals surface area contributed by atoms with Crippen LogP contribution in [0.25, 0.3) is 0 Å². The van der Waals surface area contributed by atoms with Crippen LogP contribution in [0.15, 0.2) is 30.3 Å². The fourth-order valence-electron chi connectivity index (χ4n) is 1.62. The van der Waals surface area contributed by atoms with Crippen LogP contribution in [-0.2, 0) is 20.9 Å². The molecule has 3 N–H and O–H groups in total. The Bertz CT molecular complexity index is 503. The summed E-state index contributed by atoms with van der Waals surface area (Å²) in [7, 11) is -1.25. The Balaban J connectivity index is 2.20. The molecule has 1 aromatic carbocycles. The van der Waals surface area contributed by atoms with Crippen molar-refractivity contribution >= 4 is 20.1 Å². The molecule has 1 rings (SSSR count). The minimum Gasteiger partial charge on any atom is -0.465 e. The van der Waals surface area contributed by atoms with E-state index in [1.165, 1.54) is 0 Å². The number of benzene rings is 1. The molecule has 128 valence electrons. The molecule has 6 nitrogen and oxygen atoms in total. The highest BCUT2D eigenvalue weighted by Crippen LogP contribution is 2.07. The van der Waals surface area contributed by atoms with Crippen LogP contribution in [0.3, 0.4) is 0 Å². The third kappa shape index (κ3) is 8.99. The average Bonchev–Trinajstić information content (AvgIpc) is 2.50. The molecule has 0 fully saturated rings. The van der Waals surface area contributed by atoms with E-state index in [0.717, 1.165) is 11.6 Å². The first-order valence-electron chi connectivity index (χ1n) is 7.65. The van der Waals surface area contributed by atoms with E-state index in [-0.39, 0.29) is 13.2 Å². The summed E-state index contributed by atoms with van der Waals surface area (Å²) in [6.45, 7) is 7.13. The third-order valence-corrected chi connectivity index (χ3v) is 4.78. The lowest BCUT2D eigenvalue weighted by molar-refractivity contribution is -0.144. The van der Waals surface area contributed by atoms with Crippen LogP contribution in [0.1, 0.15) is 5.56 Å². The molecule has 0 aliphatic rings. The molecule has 0 saturated carbocycles. The van der Waals surface area contributed by atoms with Crippen LogP contribution < -0.4 is 11.1 Å². The highest BCUT2D eigenvalue weighted by atomic mass is 28.3. The van der Waals surface area contributed by atoms with Crippen molar-refractivity contribution in [2.24, 2.45) is 5.73 Å². The Hall–Kier alpha value is -1.86. The third-order valence-electron chi connectivity index (χ3n) is 3.08. The molecule has 1 unspecified atom stereocenters. The second-order valence-corrected chi connectivity index (χ2v) is 12.1. The van der Waals surface area contributed by atoms with Gasteiger partial charge < -0.3 is 20.5 Å². The quantitative estimate of drug-likeness (QED) is 0.560. The number of hydrogen-bond acceptors (Lipinski definition) is 5. The van der Waals surface area contributed by atoms with Gasteiger partial charge in [-0.05, 0) is 11.6 Å². The Morgan fingerprint density at radius 1 is 1.17 bits per heavy atom. The van der Waals surface area contributed by atoms with Crippen LogP contribution in [0.5, 0.6) is 0 Å². The maximum atomic E-state index is 11.7. The van der Waals surface area contributed by atoms with Crippen LogP contribution in [0, 0.1) is 0 Å². The summed E-state index contributed by atoms with van der Waals surface area (Å²) in [6.07, 6.45) is -0.612. The van der Waals surface area contributed by atoms with E-state index in [1.807, 2.05) is 30.3 Å². The van der Waals surface area contributed by atoms with E-state index in [0.29, 0.717) is 6.61 Å². The van der Waals surface area contributed by atoms with Gasteiger partial charge in [0.25, 0.3) is 0 Å². The molecular weight excluding hydrogens is 312 g/mol. The number of esters is 1. The van der Waals surface area contributed by atoms with Gasteiger partial charge in [-0.15, -0.1) is 0 Å². The summed E-state index contributed by atoms with van der Waals surface area (Å²) in [5.74, 6) is -0.508. The van der Waals surface area contributed by atoms with E-state index in [9.17, 15) is 9.59 Å². The van der Waals surface area contributed by atoms with Crippen LogP contribution >= 0.6 is 0 Å². The molecule has 0 saturated heterocycles. The molecule has 1 amide bonds. The Morgan fingerprint density at radius 3 is 2.43 bits per heavy atom. The highest BCUT2D eigenvalue weighted by molar-refractivity contribution is 6.76. The molecule has 1 atom stereocenters. The number of hydrogen-bond donors (Lipinski definition) is 2. The van der Waals surface area contributed by atoms with Crippen molar-refractivity contribution in [1.82, 2.24) is 5.32 Å². The summed E-state index contributed by atoms with van der Waals surface area (Å²) in [5.41, 5.74) is 6.58. The molecule has 7 heteroatoms. The lowest BCUT2D eigenvalue weighted by atomic mass is 10.2. The zero-order chi connectivity index (χ0) is 17.3. The summed E-state index contributed by atoms with van der Waals surface area (Å²) in [5, 5.41) is 2.46. The first-order chi connectivity index (χ1) is 10.8. The number of alkyl carbamates (subject to hydrolysis) is 1. The molecule has 0 bridgehead atoms. The number of amides is 1. The van der Waals surface area contributed by atoms with Crippen molar-refractivity contribution < 1.29 is 19.1 Å². The summed E-state index contributed by atoms with van der Waals surface area (Å²) in [6, 6.07) is 9.32. The van der Waals surface area contributed by atoms with Crippen molar-refractivity contribution in [3.05, 3.63) is 35.9 Å². The monoisotopic (exact) mass is 338 g/mol. The van der Waals surface area contributed by atoms with Gasteiger partial charge in [0, 0.05) is 14.6 Å². The van der Waals surface area contributed by atoms with Gasteiger partial charge >= 0.3 is 12.1 Å². The van der Waals surface area contributed by atoms with E-state index in [2.05, 4.69) is 25.0 Å². The van der Waals surface area contributed by atoms with Gasteiger partial charge in [0.2, 0.25) is 0 Å². The number of nitrogens with two attached hydrogens (primary N) is 1. The first-order valence-corrected chi connectivity index (χ1v) is 11.4. The van der Waals surface area contributed by atoms with Gasteiger partial charge in [-0.2, -0.15) is 0 Å². The van der Waals surface area contributed by atoms with E-state index in [1.54, 1.807) is 0 Å². The molecule has 0 heterocycles. The predicted octanol–water partition coefficient (Wildman–Crippen LogP) is 2.12. The largest absolute Gasteiger partial charge is 0.465 e. The van der Waals surface area contributed by atoms with Gasteiger partial charge in [0.05, 0.1) is 6.61 Å². The fourth-order valence-corrected chi connectivity index (χ4v) is 2.33. The molecule has 0 aromatic heterocycles. The number of ether oxygens (including phenoxy) is 2. The first kappa shape index (κ1) is 19.2. The topological polar surface area (TPSA) is 90.6 Å². The van der Waals surface area contributed by atoms with Crippen LogP contribution in [0.4, 0.5) is 4.79 Å². The Labute approximate surface area is 138 Å². The highest BCUT2D eigenvalue weighted by Gasteiger charge is 2.18. The zero-order valence-electron chi connectivity index (χ0n) is 14.0. The molecule has 23 heavy (non-hydrogen) atoms. The van der Waals surface area contributed by atoms with Gasteiger partial charge in [0.15, 0.2) is 0 Å². The summed E-state index contributed by atoms with van der Waals surface area (Å²) >= 11 is 0. The molecule has 1 aromatic rings. The van der Waals surface area contributed by atoms with Gasteiger partial charge in [-0.25, -0.2) is 4.79 Å². The van der Waals surface area contributed by atoms with Crippen molar-refractivity contribution in [2.75, 3.05) is 13.2 Å². The summed E-state index contributed by atoms with van der Waals surface area (Å²) < 4.78 is 10.2. The number of carbonyl (C=O) groups is 2. The van der Waals surface area contributed by atoms with Gasteiger partial charge in [-0.1, -0.05) is 50.0 Å². The van der Waals surface area contributed by atoms with Crippen LogP contribution in [0.2, 0.25) is 25.7 Å². The van der Waals surface area contributed by atoms with Gasteiger partial charge in [-0.3, -0.25) is 4.79 Å². The number of carbonyl (C=O) groups excluding carboxylic acids is 2. The van der Waals surface area contributed by atoms with Crippen LogP contribution in [-0.4, -0.2) is 39.3 Å². The fraction of sp³-hybridized carbons (Fsp3) is 0.500.